The van der Waals surface area contributed by atoms with E-state index in [1.165, 1.54) is 0 Å². The molecule has 0 spiro atoms. The molecular formula is C22H27N3O13. The number of hydrogen-bond donors (Lipinski definition) is 0. The minimum absolute atomic E-state index is 0.00641. The fraction of sp³-hybridized carbons (Fsp3) is 0.727. The zero-order valence-electron chi connectivity index (χ0n) is 21.0. The van der Waals surface area contributed by atoms with Gasteiger partial charge < -0.3 is 33.2 Å². The normalized spacial score (nSPS) is 33.7. The summed E-state index contributed by atoms with van der Waals surface area (Å²) in [4.78, 5) is 74.8. The monoisotopic (exact) mass is 541 g/mol. The Kier molecular flexibility index (Phi) is 9.25. The SMILES string of the molecule is CC(=O)OC[C@H]1O[C@@H](O[C@H]2C[C@@H]3C[C@@H](C(=O)O3)[C@H]2C(=O)N=[N+]=[N-])[C@H](OC(C)=O)[C@@H](OC(C)=O)[C@@H]1OC(C)=O. The van der Waals surface area contributed by atoms with E-state index in [-0.39, 0.29) is 12.8 Å². The molecule has 0 unspecified atom stereocenters. The van der Waals surface area contributed by atoms with Gasteiger partial charge in [-0.1, -0.05) is 0 Å². The van der Waals surface area contributed by atoms with Gasteiger partial charge in [0.1, 0.15) is 18.8 Å². The highest BCUT2D eigenvalue weighted by atomic mass is 16.7. The molecule has 3 aliphatic rings. The molecule has 16 heteroatoms. The molecule has 3 fully saturated rings. The summed E-state index contributed by atoms with van der Waals surface area (Å²) in [6.45, 7) is 3.87. The van der Waals surface area contributed by atoms with E-state index >= 15 is 0 Å². The maximum Gasteiger partial charge on any atom is 0.310 e. The molecule has 1 saturated carbocycles. The fourth-order valence-electron chi connectivity index (χ4n) is 4.83. The quantitative estimate of drug-likeness (QED) is 0.132. The number of esters is 5. The van der Waals surface area contributed by atoms with Crippen LogP contribution in [0.3, 0.4) is 0 Å². The van der Waals surface area contributed by atoms with E-state index in [9.17, 15) is 28.8 Å². The number of hydrogen-bond acceptors (Lipinski definition) is 13. The summed E-state index contributed by atoms with van der Waals surface area (Å²) >= 11 is 0. The van der Waals surface area contributed by atoms with E-state index < -0.39 is 97.1 Å². The van der Waals surface area contributed by atoms with Crippen LogP contribution in [0.4, 0.5) is 0 Å². The number of azide groups is 1. The first kappa shape index (κ1) is 28.8. The van der Waals surface area contributed by atoms with Crippen molar-refractivity contribution in [3.63, 3.8) is 0 Å². The Hall–Kier alpha value is -3.75. The van der Waals surface area contributed by atoms with E-state index in [0.717, 1.165) is 27.7 Å². The van der Waals surface area contributed by atoms with Crippen molar-refractivity contribution in [1.82, 2.24) is 0 Å². The smallest absolute Gasteiger partial charge is 0.310 e. The van der Waals surface area contributed by atoms with E-state index in [2.05, 4.69) is 10.0 Å². The molecule has 0 aromatic rings. The van der Waals surface area contributed by atoms with Crippen molar-refractivity contribution in [2.75, 3.05) is 6.61 Å². The summed E-state index contributed by atoms with van der Waals surface area (Å²) in [6.07, 6.45) is -8.76. The van der Waals surface area contributed by atoms with Crippen LogP contribution in [-0.4, -0.2) is 85.3 Å². The molecule has 3 rings (SSSR count). The molecule has 16 nitrogen and oxygen atoms in total. The molecule has 0 N–H and O–H groups in total. The van der Waals surface area contributed by atoms with Crippen LogP contribution < -0.4 is 0 Å². The molecule has 2 bridgehead atoms. The first-order chi connectivity index (χ1) is 17.9. The number of carbonyl (C=O) groups excluding carboxylic acids is 6. The van der Waals surface area contributed by atoms with E-state index in [0.29, 0.717) is 0 Å². The Morgan fingerprint density at radius 2 is 1.53 bits per heavy atom. The molecule has 0 aromatic carbocycles. The van der Waals surface area contributed by atoms with Gasteiger partial charge in [-0.3, -0.25) is 28.8 Å². The molecule has 0 radical (unpaired) electrons. The van der Waals surface area contributed by atoms with Crippen LogP contribution in [0.5, 0.6) is 0 Å². The predicted molar refractivity (Wildman–Crippen MR) is 117 cm³/mol. The van der Waals surface area contributed by atoms with Crippen molar-refractivity contribution in [2.24, 2.45) is 17.0 Å². The van der Waals surface area contributed by atoms with Gasteiger partial charge in [-0.15, -0.1) is 0 Å². The topological polar surface area (TPSA) is 216 Å². The Labute approximate surface area is 215 Å². The maximum absolute atomic E-state index is 12.6. The third-order valence-electron chi connectivity index (χ3n) is 6.12. The van der Waals surface area contributed by atoms with E-state index in [1.54, 1.807) is 0 Å². The van der Waals surface area contributed by atoms with Gasteiger partial charge in [0, 0.05) is 39.0 Å². The molecule has 38 heavy (non-hydrogen) atoms. The second-order valence-electron chi connectivity index (χ2n) is 8.93. The number of ether oxygens (including phenoxy) is 7. The maximum atomic E-state index is 12.6. The van der Waals surface area contributed by atoms with Gasteiger partial charge in [-0.05, 0) is 17.1 Å². The summed E-state index contributed by atoms with van der Waals surface area (Å²) in [5.41, 5.74) is 8.78. The standard InChI is InChI=1S/C22H27N3O13/c1-8(26)32-7-15-17(33-9(2)27)18(34-10(3)28)19(35-11(4)29)22(38-15)37-14-6-12-5-13(21(31)36-12)16(14)20(30)24-25-23/h12-19,22H,5-7H2,1-4H3/t12-,13+,14-,15+,16+,17+,18-,19+,22+/m0/s1. The van der Waals surface area contributed by atoms with Crippen LogP contribution in [0, 0.1) is 11.8 Å². The molecule has 2 saturated heterocycles. The highest BCUT2D eigenvalue weighted by Crippen LogP contribution is 2.42. The van der Waals surface area contributed by atoms with Gasteiger partial charge in [-0.25, -0.2) is 0 Å². The number of carbonyl (C=O) groups is 6. The number of fused-ring (bicyclic) bond motifs is 2. The highest BCUT2D eigenvalue weighted by Gasteiger charge is 2.57. The van der Waals surface area contributed by atoms with E-state index in [4.69, 9.17) is 38.7 Å². The van der Waals surface area contributed by atoms with Crippen molar-refractivity contribution in [1.29, 1.82) is 0 Å². The number of rotatable bonds is 8. The average molecular weight is 541 g/mol. The van der Waals surface area contributed by atoms with Crippen molar-refractivity contribution in [3.05, 3.63) is 10.4 Å². The summed E-state index contributed by atoms with van der Waals surface area (Å²) in [5.74, 6) is -7.00. The minimum atomic E-state index is -1.57. The second kappa shape index (κ2) is 12.2. The lowest BCUT2D eigenvalue weighted by Gasteiger charge is -2.45. The van der Waals surface area contributed by atoms with Gasteiger partial charge in [0.05, 0.1) is 17.9 Å². The van der Waals surface area contributed by atoms with Gasteiger partial charge >= 0.3 is 29.8 Å². The number of nitrogens with zero attached hydrogens (tertiary/aromatic N) is 3. The summed E-state index contributed by atoms with van der Waals surface area (Å²) in [5, 5.41) is 3.12. The third-order valence-corrected chi connectivity index (χ3v) is 6.12. The largest absolute Gasteiger partial charge is 0.463 e. The van der Waals surface area contributed by atoms with Gasteiger partial charge in [-0.2, -0.15) is 0 Å². The number of amides is 1. The van der Waals surface area contributed by atoms with Gasteiger partial charge in [0.25, 0.3) is 0 Å². The first-order valence-corrected chi connectivity index (χ1v) is 11.7. The van der Waals surface area contributed by atoms with Gasteiger partial charge in [0.2, 0.25) is 5.91 Å². The molecule has 1 amide bonds. The van der Waals surface area contributed by atoms with Crippen LogP contribution in [0.1, 0.15) is 40.5 Å². The van der Waals surface area contributed by atoms with Crippen LogP contribution in [-0.2, 0) is 61.9 Å². The van der Waals surface area contributed by atoms with Crippen molar-refractivity contribution < 1.29 is 61.9 Å². The Morgan fingerprint density at radius 3 is 2.11 bits per heavy atom. The third kappa shape index (κ3) is 6.76. The van der Waals surface area contributed by atoms with Crippen LogP contribution in [0.25, 0.3) is 10.4 Å². The Morgan fingerprint density at radius 1 is 0.921 bits per heavy atom. The lowest BCUT2D eigenvalue weighted by molar-refractivity contribution is -0.321. The lowest BCUT2D eigenvalue weighted by atomic mass is 9.77. The van der Waals surface area contributed by atoms with Gasteiger partial charge in [0.15, 0.2) is 24.6 Å². The molecule has 9 atom stereocenters. The summed E-state index contributed by atoms with van der Waals surface area (Å²) < 4.78 is 38.2. The average Bonchev–Trinajstić information content (AvgIpc) is 3.09. The lowest BCUT2D eigenvalue weighted by Crippen LogP contribution is -2.63. The van der Waals surface area contributed by atoms with Crippen molar-refractivity contribution >= 4 is 35.8 Å². The molecule has 1 aliphatic carbocycles. The fourth-order valence-corrected chi connectivity index (χ4v) is 4.83. The van der Waals surface area contributed by atoms with Crippen LogP contribution in [0.2, 0.25) is 0 Å². The van der Waals surface area contributed by atoms with Crippen LogP contribution >= 0.6 is 0 Å². The van der Waals surface area contributed by atoms with E-state index in [1.807, 2.05) is 0 Å². The Balaban J connectivity index is 2.00. The predicted octanol–water partition coefficient (Wildman–Crippen LogP) is 0.243. The highest BCUT2D eigenvalue weighted by molar-refractivity contribution is 5.87. The summed E-state index contributed by atoms with van der Waals surface area (Å²) in [7, 11) is 0. The zero-order chi connectivity index (χ0) is 28.1. The summed E-state index contributed by atoms with van der Waals surface area (Å²) in [6, 6.07) is 0. The van der Waals surface area contributed by atoms with Crippen molar-refractivity contribution in [3.8, 4) is 0 Å². The first-order valence-electron chi connectivity index (χ1n) is 11.7. The molecule has 2 heterocycles. The van der Waals surface area contributed by atoms with Crippen molar-refractivity contribution in [2.45, 2.75) is 83.5 Å². The van der Waals surface area contributed by atoms with Crippen LogP contribution in [0.15, 0.2) is 5.11 Å². The minimum Gasteiger partial charge on any atom is -0.463 e. The molecule has 208 valence electrons. The Bertz CT molecular complexity index is 1040. The molecule has 2 aliphatic heterocycles. The second-order valence-corrected chi connectivity index (χ2v) is 8.93. The molecular weight excluding hydrogens is 514 g/mol. The molecule has 0 aromatic heterocycles. The zero-order valence-corrected chi connectivity index (χ0v) is 21.0.